The predicted octanol–water partition coefficient (Wildman–Crippen LogP) is 14.5. The van der Waals surface area contributed by atoms with Crippen LogP contribution in [0.5, 0.6) is 0 Å². The summed E-state index contributed by atoms with van der Waals surface area (Å²) in [5.41, 5.74) is 0. The highest BCUT2D eigenvalue weighted by Crippen LogP contribution is 2.15. The summed E-state index contributed by atoms with van der Waals surface area (Å²) in [6.07, 6.45) is 65.9. The van der Waals surface area contributed by atoms with Gasteiger partial charge in [0.05, 0.1) is 40.3 Å². The lowest BCUT2D eigenvalue weighted by Gasteiger charge is -2.34. The molecule has 0 saturated heterocycles. The Morgan fingerprint density at radius 1 is 0.448 bits per heavy atom. The lowest BCUT2D eigenvalue weighted by molar-refractivity contribution is -0.889. The quantitative estimate of drug-likeness (QED) is 0.0259. The largest absolute Gasteiger partial charge is 0.544 e. The number of hydrogen-bond donors (Lipinski definition) is 0. The number of likely N-dealkylation sites (N-methyl/N-ethyl adjacent to an activating group) is 1. The standard InChI is InChI=1S/C59H99NO7/c1-6-8-10-12-14-16-18-20-22-24-26-28-30-32-34-36-38-40-42-44-46-48-50-58(62)67-55(53-65-52-51-56(59(63)64)60(3,4)5)54-66-57(61)49-47-45-43-41-39-37-35-33-31-29-27-25-23-21-19-17-15-13-11-9-7-2/h8-11,14-17,20,22,26,28,32,34,38,40,55-56H,6-7,12-13,18-19,21,23-25,27,29-31,33,35-37,39,41-54H2,1-5H3/b10-8+,11-9+,16-14+,17-15+,22-20+,28-26+,34-32+,40-38+. The second kappa shape index (κ2) is 48.7. The van der Waals surface area contributed by atoms with Gasteiger partial charge in [0.2, 0.25) is 0 Å². The Morgan fingerprint density at radius 3 is 1.18 bits per heavy atom. The number of esters is 2. The highest BCUT2D eigenvalue weighted by atomic mass is 16.6. The number of carboxylic acid groups (broad SMARTS) is 1. The van der Waals surface area contributed by atoms with Crippen molar-refractivity contribution in [1.82, 2.24) is 0 Å². The van der Waals surface area contributed by atoms with Gasteiger partial charge in [0.15, 0.2) is 6.10 Å². The predicted molar refractivity (Wildman–Crippen MR) is 281 cm³/mol. The van der Waals surface area contributed by atoms with Crippen molar-refractivity contribution in [3.63, 3.8) is 0 Å². The Morgan fingerprint density at radius 2 is 0.791 bits per heavy atom. The van der Waals surface area contributed by atoms with Crippen LogP contribution in [0.3, 0.4) is 0 Å². The molecular formula is C59H99NO7. The van der Waals surface area contributed by atoms with Gasteiger partial charge in [-0.25, -0.2) is 0 Å². The van der Waals surface area contributed by atoms with Crippen molar-refractivity contribution < 1.29 is 38.2 Å². The number of carbonyl (C=O) groups excluding carboxylic acids is 3. The molecule has 0 saturated carbocycles. The van der Waals surface area contributed by atoms with E-state index in [0.717, 1.165) is 89.9 Å². The van der Waals surface area contributed by atoms with Gasteiger partial charge < -0.3 is 28.6 Å². The summed E-state index contributed by atoms with van der Waals surface area (Å²) in [4.78, 5) is 37.1. The second-order valence-corrected chi connectivity index (χ2v) is 18.7. The number of unbranched alkanes of at least 4 members (excludes halogenated alkanes) is 17. The van der Waals surface area contributed by atoms with Crippen molar-refractivity contribution in [2.24, 2.45) is 0 Å². The van der Waals surface area contributed by atoms with Gasteiger partial charge in [-0.05, 0) is 89.9 Å². The molecule has 67 heavy (non-hydrogen) atoms. The highest BCUT2D eigenvalue weighted by Gasteiger charge is 2.25. The van der Waals surface area contributed by atoms with Crippen LogP contribution in [-0.2, 0) is 28.6 Å². The highest BCUT2D eigenvalue weighted by molar-refractivity contribution is 5.70. The van der Waals surface area contributed by atoms with Crippen molar-refractivity contribution in [3.05, 3.63) is 97.2 Å². The van der Waals surface area contributed by atoms with Crippen molar-refractivity contribution >= 4 is 17.9 Å². The molecule has 0 aromatic rings. The van der Waals surface area contributed by atoms with Gasteiger partial charge in [0.25, 0.3) is 0 Å². The first-order valence-electron chi connectivity index (χ1n) is 26.8. The van der Waals surface area contributed by atoms with E-state index in [2.05, 4.69) is 111 Å². The number of rotatable bonds is 47. The van der Waals surface area contributed by atoms with Gasteiger partial charge in [-0.2, -0.15) is 0 Å². The molecule has 2 unspecified atom stereocenters. The average Bonchev–Trinajstić information content (AvgIpc) is 3.29. The fourth-order valence-electron chi connectivity index (χ4n) is 7.41. The molecular weight excluding hydrogens is 835 g/mol. The smallest absolute Gasteiger partial charge is 0.306 e. The molecule has 0 N–H and O–H groups in total. The molecule has 8 nitrogen and oxygen atoms in total. The average molecular weight is 934 g/mol. The summed E-state index contributed by atoms with van der Waals surface area (Å²) in [5.74, 6) is -1.78. The van der Waals surface area contributed by atoms with Crippen molar-refractivity contribution in [2.75, 3.05) is 41.0 Å². The molecule has 0 aromatic carbocycles. The first-order valence-corrected chi connectivity index (χ1v) is 26.8. The Bertz CT molecular complexity index is 1410. The molecule has 2 atom stereocenters. The van der Waals surface area contributed by atoms with E-state index in [0.29, 0.717) is 12.8 Å². The van der Waals surface area contributed by atoms with Gasteiger partial charge in [0.1, 0.15) is 12.6 Å². The Labute approximate surface area is 411 Å². The van der Waals surface area contributed by atoms with Crippen LogP contribution in [0.2, 0.25) is 0 Å². The molecule has 382 valence electrons. The van der Waals surface area contributed by atoms with E-state index >= 15 is 0 Å². The summed E-state index contributed by atoms with van der Waals surface area (Å²) in [5, 5.41) is 11.7. The Balaban J connectivity index is 4.29. The van der Waals surface area contributed by atoms with E-state index in [-0.39, 0.29) is 49.1 Å². The lowest BCUT2D eigenvalue weighted by Crippen LogP contribution is -2.55. The van der Waals surface area contributed by atoms with Crippen LogP contribution < -0.4 is 5.11 Å². The van der Waals surface area contributed by atoms with E-state index in [1.165, 1.54) is 77.0 Å². The normalized spacial score (nSPS) is 13.6. The van der Waals surface area contributed by atoms with E-state index in [1.807, 2.05) is 0 Å². The number of nitrogens with zero attached hydrogens (tertiary/aromatic N) is 1. The number of carboxylic acids is 1. The summed E-state index contributed by atoms with van der Waals surface area (Å²) >= 11 is 0. The summed E-state index contributed by atoms with van der Waals surface area (Å²) in [6, 6.07) is -0.738. The minimum absolute atomic E-state index is 0.0222. The molecule has 0 bridgehead atoms. The summed E-state index contributed by atoms with van der Waals surface area (Å²) in [6.45, 7) is 4.42. The molecule has 0 heterocycles. The fourth-order valence-corrected chi connectivity index (χ4v) is 7.41. The monoisotopic (exact) mass is 934 g/mol. The third kappa shape index (κ3) is 47.1. The Kier molecular flexibility index (Phi) is 46.0. The molecule has 8 heteroatoms. The third-order valence-corrected chi connectivity index (χ3v) is 11.5. The van der Waals surface area contributed by atoms with Gasteiger partial charge in [-0.1, -0.05) is 195 Å². The van der Waals surface area contributed by atoms with E-state index < -0.39 is 18.1 Å². The van der Waals surface area contributed by atoms with Crippen molar-refractivity contribution in [3.8, 4) is 0 Å². The van der Waals surface area contributed by atoms with Gasteiger partial charge in [0, 0.05) is 19.3 Å². The van der Waals surface area contributed by atoms with Gasteiger partial charge in [-0.3, -0.25) is 9.59 Å². The molecule has 0 aliphatic carbocycles. The van der Waals surface area contributed by atoms with Crippen LogP contribution in [-0.4, -0.2) is 75.5 Å². The van der Waals surface area contributed by atoms with Crippen LogP contribution in [0.1, 0.15) is 206 Å². The maximum atomic E-state index is 12.8. The van der Waals surface area contributed by atoms with Crippen LogP contribution in [0.25, 0.3) is 0 Å². The lowest BCUT2D eigenvalue weighted by atomic mass is 10.0. The van der Waals surface area contributed by atoms with Gasteiger partial charge in [-0.15, -0.1) is 0 Å². The van der Waals surface area contributed by atoms with Crippen LogP contribution >= 0.6 is 0 Å². The number of quaternary nitrogens is 1. The zero-order chi connectivity index (χ0) is 49.2. The maximum Gasteiger partial charge on any atom is 0.306 e. The zero-order valence-electron chi connectivity index (χ0n) is 43.5. The van der Waals surface area contributed by atoms with Crippen molar-refractivity contribution in [1.29, 1.82) is 0 Å². The number of carbonyl (C=O) groups is 3. The maximum absolute atomic E-state index is 12.8. The molecule has 0 spiro atoms. The van der Waals surface area contributed by atoms with E-state index in [9.17, 15) is 19.5 Å². The van der Waals surface area contributed by atoms with Crippen molar-refractivity contribution in [2.45, 2.75) is 219 Å². The minimum Gasteiger partial charge on any atom is -0.544 e. The molecule has 0 radical (unpaired) electrons. The molecule has 0 aliphatic rings. The Hall–Kier alpha value is -3.75. The topological polar surface area (TPSA) is 102 Å². The van der Waals surface area contributed by atoms with E-state index in [4.69, 9.17) is 14.2 Å². The van der Waals surface area contributed by atoms with Crippen LogP contribution in [0.15, 0.2) is 97.2 Å². The van der Waals surface area contributed by atoms with Crippen LogP contribution in [0.4, 0.5) is 0 Å². The summed E-state index contributed by atoms with van der Waals surface area (Å²) < 4.78 is 17.2. The fraction of sp³-hybridized carbons (Fsp3) is 0.678. The van der Waals surface area contributed by atoms with Crippen LogP contribution in [0, 0.1) is 0 Å². The number of allylic oxidation sites excluding steroid dienone is 16. The molecule has 0 aromatic heterocycles. The second-order valence-electron chi connectivity index (χ2n) is 18.7. The number of ether oxygens (including phenoxy) is 3. The number of hydrogen-bond acceptors (Lipinski definition) is 7. The van der Waals surface area contributed by atoms with Gasteiger partial charge >= 0.3 is 11.9 Å². The first kappa shape index (κ1) is 63.2. The SMILES string of the molecule is CC/C=C/C/C=C/C/C=C/C/C=C/C/C=C/C/C=C/CCCCCC(=O)OC(COCCC(C(=O)[O-])[N+](C)(C)C)COC(=O)CCCCCCCCCCCCCCCC/C=C/C/C=C/CC. The molecule has 0 aliphatic heterocycles. The molecule has 0 rings (SSSR count). The number of aliphatic carboxylic acids is 1. The minimum atomic E-state index is -1.13. The van der Waals surface area contributed by atoms with E-state index in [1.54, 1.807) is 21.1 Å². The third-order valence-electron chi connectivity index (χ3n) is 11.5. The molecule has 0 fully saturated rings. The summed E-state index contributed by atoms with van der Waals surface area (Å²) in [7, 11) is 5.40. The zero-order valence-corrected chi connectivity index (χ0v) is 43.5. The molecule has 0 amide bonds. The first-order chi connectivity index (χ1) is 32.6.